The summed E-state index contributed by atoms with van der Waals surface area (Å²) in [6.07, 6.45) is 1.65. The van der Waals surface area contributed by atoms with Gasteiger partial charge in [0, 0.05) is 69.5 Å². The van der Waals surface area contributed by atoms with E-state index in [1.807, 2.05) is 43.3 Å². The van der Waals surface area contributed by atoms with E-state index in [1.54, 1.807) is 6.08 Å². The quantitative estimate of drug-likeness (QED) is 0.697. The summed E-state index contributed by atoms with van der Waals surface area (Å²) in [5.41, 5.74) is 1.80. The summed E-state index contributed by atoms with van der Waals surface area (Å²) in [6, 6.07) is 11.5. The van der Waals surface area contributed by atoms with Crippen molar-refractivity contribution >= 4 is 27.9 Å². The molecule has 2 aromatic rings. The van der Waals surface area contributed by atoms with Crippen molar-refractivity contribution in [1.29, 1.82) is 0 Å². The van der Waals surface area contributed by atoms with Gasteiger partial charge in [-0.1, -0.05) is 30.3 Å². The van der Waals surface area contributed by atoms with Gasteiger partial charge in [-0.2, -0.15) is 9.29 Å². The number of nitrogens with zero attached hydrogens (tertiary/aromatic N) is 6. The van der Waals surface area contributed by atoms with Crippen LogP contribution in [-0.2, 0) is 10.0 Å². The SMILES string of the molecule is Cc1cc(N2CCN(C)CC2)nc(N2CCN(S(=O)(=O)/C=C/c3ccccc3)CC2)n1. The number of likely N-dealkylation sites (N-methyl/N-ethyl adjacent to an activating group) is 1. The standard InChI is InChI=1S/C22H30N6O2S/c1-19-18-21(26-11-9-25(2)10-12-26)24-22(23-19)27-13-15-28(16-14-27)31(29,30)17-8-20-6-4-3-5-7-20/h3-8,17-18H,9-16H2,1-2H3/b17-8+. The van der Waals surface area contributed by atoms with E-state index in [1.165, 1.54) is 9.71 Å². The number of aromatic nitrogens is 2. The average Bonchev–Trinajstić information content (AvgIpc) is 2.79. The van der Waals surface area contributed by atoms with Gasteiger partial charge in [0.05, 0.1) is 0 Å². The number of sulfonamides is 1. The Labute approximate surface area is 184 Å². The summed E-state index contributed by atoms with van der Waals surface area (Å²) in [6.45, 7) is 7.91. The minimum Gasteiger partial charge on any atom is -0.354 e. The summed E-state index contributed by atoms with van der Waals surface area (Å²) in [7, 11) is -1.32. The third-order valence-corrected chi connectivity index (χ3v) is 7.33. The van der Waals surface area contributed by atoms with Crippen LogP contribution in [0.1, 0.15) is 11.3 Å². The monoisotopic (exact) mass is 442 g/mol. The fourth-order valence-corrected chi connectivity index (χ4v) is 5.01. The molecule has 0 saturated carbocycles. The van der Waals surface area contributed by atoms with Crippen molar-refractivity contribution < 1.29 is 8.42 Å². The molecule has 8 nitrogen and oxygen atoms in total. The molecule has 0 aliphatic carbocycles. The van der Waals surface area contributed by atoms with Gasteiger partial charge in [-0.05, 0) is 25.6 Å². The van der Waals surface area contributed by atoms with Crippen molar-refractivity contribution in [2.45, 2.75) is 6.92 Å². The normalized spacial score (nSPS) is 19.3. The first-order valence-electron chi connectivity index (χ1n) is 10.7. The molecule has 166 valence electrons. The molecule has 0 radical (unpaired) electrons. The van der Waals surface area contributed by atoms with E-state index >= 15 is 0 Å². The minimum absolute atomic E-state index is 0.419. The van der Waals surface area contributed by atoms with Crippen molar-refractivity contribution in [1.82, 2.24) is 19.2 Å². The van der Waals surface area contributed by atoms with E-state index in [4.69, 9.17) is 4.98 Å². The van der Waals surface area contributed by atoms with Crippen LogP contribution in [0, 0.1) is 6.92 Å². The molecule has 1 aromatic heterocycles. The molecule has 4 rings (SSSR count). The Kier molecular flexibility index (Phi) is 6.54. The average molecular weight is 443 g/mol. The van der Waals surface area contributed by atoms with Crippen molar-refractivity contribution in [3.63, 3.8) is 0 Å². The number of piperazine rings is 2. The Bertz CT molecular complexity index is 1010. The molecule has 1 aromatic carbocycles. The summed E-state index contributed by atoms with van der Waals surface area (Å²) in [5, 5.41) is 1.30. The molecule has 2 fully saturated rings. The predicted octanol–water partition coefficient (Wildman–Crippen LogP) is 1.66. The van der Waals surface area contributed by atoms with Crippen LogP contribution in [0.3, 0.4) is 0 Å². The van der Waals surface area contributed by atoms with Crippen LogP contribution in [0.2, 0.25) is 0 Å². The summed E-state index contributed by atoms with van der Waals surface area (Å²) >= 11 is 0. The number of anilines is 2. The summed E-state index contributed by atoms with van der Waals surface area (Å²) < 4.78 is 27.0. The Morgan fingerprint density at radius 1 is 0.871 bits per heavy atom. The molecule has 31 heavy (non-hydrogen) atoms. The zero-order valence-electron chi connectivity index (χ0n) is 18.2. The van der Waals surface area contributed by atoms with Crippen LogP contribution in [0.25, 0.3) is 6.08 Å². The maximum atomic E-state index is 12.7. The van der Waals surface area contributed by atoms with E-state index in [0.717, 1.165) is 43.3 Å². The van der Waals surface area contributed by atoms with Gasteiger partial charge >= 0.3 is 0 Å². The lowest BCUT2D eigenvalue weighted by Crippen LogP contribution is -2.49. The first-order chi connectivity index (χ1) is 14.9. The molecule has 2 aliphatic rings. The lowest BCUT2D eigenvalue weighted by atomic mass is 10.2. The third-order valence-electron chi connectivity index (χ3n) is 5.77. The van der Waals surface area contributed by atoms with E-state index in [9.17, 15) is 8.42 Å². The second kappa shape index (κ2) is 9.33. The highest BCUT2D eigenvalue weighted by Crippen LogP contribution is 2.21. The molecule has 0 N–H and O–H groups in total. The van der Waals surface area contributed by atoms with E-state index in [-0.39, 0.29) is 0 Å². The number of rotatable bonds is 5. The third kappa shape index (κ3) is 5.41. The number of aryl methyl sites for hydroxylation is 1. The van der Waals surface area contributed by atoms with Gasteiger partial charge < -0.3 is 14.7 Å². The molecule has 9 heteroatoms. The minimum atomic E-state index is -3.45. The lowest BCUT2D eigenvalue weighted by Gasteiger charge is -2.35. The van der Waals surface area contributed by atoms with Crippen molar-refractivity contribution in [2.75, 3.05) is 69.2 Å². The van der Waals surface area contributed by atoms with Crippen LogP contribution in [0.4, 0.5) is 11.8 Å². The van der Waals surface area contributed by atoms with E-state index in [0.29, 0.717) is 32.1 Å². The molecule has 0 amide bonds. The Balaban J connectivity index is 1.41. The van der Waals surface area contributed by atoms with Gasteiger partial charge in [-0.15, -0.1) is 0 Å². The molecular weight excluding hydrogens is 412 g/mol. The van der Waals surface area contributed by atoms with Crippen LogP contribution < -0.4 is 9.80 Å². The summed E-state index contributed by atoms with van der Waals surface area (Å²) in [4.78, 5) is 16.1. The summed E-state index contributed by atoms with van der Waals surface area (Å²) in [5.74, 6) is 1.64. The first kappa shape index (κ1) is 21.7. The smallest absolute Gasteiger partial charge is 0.236 e. The second-order valence-electron chi connectivity index (χ2n) is 8.10. The molecule has 2 aliphatic heterocycles. The lowest BCUT2D eigenvalue weighted by molar-refractivity contribution is 0.312. The number of benzene rings is 1. The van der Waals surface area contributed by atoms with E-state index in [2.05, 4.69) is 26.7 Å². The van der Waals surface area contributed by atoms with E-state index < -0.39 is 10.0 Å². The van der Waals surface area contributed by atoms with Gasteiger partial charge in [0.25, 0.3) is 0 Å². The fourth-order valence-electron chi connectivity index (χ4n) is 3.83. The second-order valence-corrected chi connectivity index (χ2v) is 9.92. The highest BCUT2D eigenvalue weighted by molar-refractivity contribution is 7.92. The van der Waals surface area contributed by atoms with Crippen LogP contribution in [0.5, 0.6) is 0 Å². The Morgan fingerprint density at radius 3 is 2.19 bits per heavy atom. The maximum absolute atomic E-state index is 12.7. The topological polar surface area (TPSA) is 72.9 Å². The Morgan fingerprint density at radius 2 is 1.52 bits per heavy atom. The molecule has 2 saturated heterocycles. The molecular formula is C22H30N6O2S. The van der Waals surface area contributed by atoms with Crippen molar-refractivity contribution in [2.24, 2.45) is 0 Å². The highest BCUT2D eigenvalue weighted by atomic mass is 32.2. The number of hydrogen-bond donors (Lipinski definition) is 0. The van der Waals surface area contributed by atoms with Gasteiger partial charge in [-0.3, -0.25) is 0 Å². The van der Waals surface area contributed by atoms with Gasteiger partial charge in [0.2, 0.25) is 16.0 Å². The van der Waals surface area contributed by atoms with Crippen molar-refractivity contribution in [3.8, 4) is 0 Å². The van der Waals surface area contributed by atoms with Gasteiger partial charge in [-0.25, -0.2) is 13.4 Å². The molecule has 0 unspecified atom stereocenters. The zero-order valence-corrected chi connectivity index (χ0v) is 19.0. The molecule has 3 heterocycles. The largest absolute Gasteiger partial charge is 0.354 e. The highest BCUT2D eigenvalue weighted by Gasteiger charge is 2.27. The van der Waals surface area contributed by atoms with Gasteiger partial charge in [0.15, 0.2) is 0 Å². The first-order valence-corrected chi connectivity index (χ1v) is 12.2. The Hall–Kier alpha value is -2.49. The van der Waals surface area contributed by atoms with Crippen LogP contribution in [0.15, 0.2) is 41.8 Å². The molecule has 0 spiro atoms. The number of hydrogen-bond acceptors (Lipinski definition) is 7. The maximum Gasteiger partial charge on any atom is 0.236 e. The van der Waals surface area contributed by atoms with Gasteiger partial charge in [0.1, 0.15) is 5.82 Å². The molecule has 0 bridgehead atoms. The molecule has 0 atom stereocenters. The predicted molar refractivity (Wildman–Crippen MR) is 125 cm³/mol. The van der Waals surface area contributed by atoms with Crippen LogP contribution >= 0.6 is 0 Å². The van der Waals surface area contributed by atoms with Crippen molar-refractivity contribution in [3.05, 3.63) is 53.1 Å². The van der Waals surface area contributed by atoms with Crippen LogP contribution in [-0.4, -0.2) is 87.0 Å². The zero-order chi connectivity index (χ0) is 21.8. The fraction of sp³-hybridized carbons (Fsp3) is 0.455.